The summed E-state index contributed by atoms with van der Waals surface area (Å²) in [4.78, 5) is 4.65. The first-order valence-corrected chi connectivity index (χ1v) is 13.8. The van der Waals surface area contributed by atoms with Crippen LogP contribution in [0.2, 0.25) is 0 Å². The van der Waals surface area contributed by atoms with Crippen molar-refractivity contribution in [1.82, 2.24) is 4.98 Å². The lowest BCUT2D eigenvalue weighted by atomic mass is 9.69. The summed E-state index contributed by atoms with van der Waals surface area (Å²) in [5, 5.41) is 9.86. The molecule has 0 saturated heterocycles. The van der Waals surface area contributed by atoms with Crippen LogP contribution in [0.25, 0.3) is 11.3 Å². The van der Waals surface area contributed by atoms with E-state index in [-0.39, 0.29) is 5.41 Å². The molecule has 1 aromatic heterocycles. The van der Waals surface area contributed by atoms with Gasteiger partial charge in [0.1, 0.15) is 5.75 Å². The molecule has 3 nitrogen and oxygen atoms in total. The first-order valence-electron chi connectivity index (χ1n) is 13.8. The average molecular weight is 461 g/mol. The molecule has 0 atom stereocenters. The monoisotopic (exact) mass is 460 g/mol. The number of nitrogens with zero attached hydrogens (tertiary/aromatic N) is 2. The molecule has 3 rings (SSSR count). The predicted molar refractivity (Wildman–Crippen MR) is 142 cm³/mol. The Bertz CT molecular complexity index is 858. The fourth-order valence-electron chi connectivity index (χ4n) is 5.12. The van der Waals surface area contributed by atoms with E-state index in [1.807, 2.05) is 6.20 Å². The van der Waals surface area contributed by atoms with Gasteiger partial charge in [0.05, 0.1) is 23.8 Å². The van der Waals surface area contributed by atoms with Gasteiger partial charge in [0.25, 0.3) is 0 Å². The summed E-state index contributed by atoms with van der Waals surface area (Å²) in [6.45, 7) is 5.23. The number of ether oxygens (including phenoxy) is 1. The summed E-state index contributed by atoms with van der Waals surface area (Å²) in [7, 11) is 0. The van der Waals surface area contributed by atoms with Crippen molar-refractivity contribution in [3.05, 3.63) is 48.2 Å². The summed E-state index contributed by atoms with van der Waals surface area (Å²) in [6.07, 6.45) is 18.7. The molecule has 0 bridgehead atoms. The van der Waals surface area contributed by atoms with E-state index in [9.17, 15) is 5.26 Å². The van der Waals surface area contributed by atoms with Crippen LogP contribution in [0.3, 0.4) is 0 Å². The van der Waals surface area contributed by atoms with Crippen LogP contribution in [0, 0.1) is 22.7 Å². The van der Waals surface area contributed by atoms with Gasteiger partial charge < -0.3 is 4.74 Å². The molecule has 1 saturated carbocycles. The molecule has 2 aromatic rings. The minimum absolute atomic E-state index is 0.0814. The molecule has 184 valence electrons. The van der Waals surface area contributed by atoms with Crippen molar-refractivity contribution in [2.45, 2.75) is 104 Å². The quantitative estimate of drug-likeness (QED) is 0.264. The van der Waals surface area contributed by atoms with Crippen molar-refractivity contribution >= 4 is 0 Å². The van der Waals surface area contributed by atoms with Gasteiger partial charge >= 0.3 is 0 Å². The highest BCUT2D eigenvalue weighted by Gasteiger charge is 2.35. The highest BCUT2D eigenvalue weighted by atomic mass is 16.5. The standard InChI is InChI=1S/C31H44N2O/c1-3-5-7-8-9-10-20-31(25-32)21-18-27(19-22-31)24-34-29-15-13-28(14-16-29)30-17-12-26(23-33-30)11-6-4-2/h12-17,23,27H,3-11,18-22,24H2,1-2H3. The molecular weight excluding hydrogens is 416 g/mol. The van der Waals surface area contributed by atoms with E-state index in [1.54, 1.807) is 0 Å². The predicted octanol–water partition coefficient (Wildman–Crippen LogP) is 8.92. The molecule has 0 radical (unpaired) electrons. The van der Waals surface area contributed by atoms with Gasteiger partial charge in [-0.15, -0.1) is 0 Å². The Labute approximate surface area is 208 Å². The maximum absolute atomic E-state index is 9.86. The third-order valence-electron chi connectivity index (χ3n) is 7.59. The Morgan fingerprint density at radius 3 is 2.26 bits per heavy atom. The van der Waals surface area contributed by atoms with Crippen molar-refractivity contribution in [3.63, 3.8) is 0 Å². The molecule has 1 aromatic carbocycles. The van der Waals surface area contributed by atoms with E-state index in [2.05, 4.69) is 61.3 Å². The molecule has 1 heterocycles. The van der Waals surface area contributed by atoms with Gasteiger partial charge in [-0.2, -0.15) is 5.26 Å². The van der Waals surface area contributed by atoms with Crippen LogP contribution in [0.15, 0.2) is 42.6 Å². The summed E-state index contributed by atoms with van der Waals surface area (Å²) in [5.74, 6) is 1.48. The number of unbranched alkanes of at least 4 members (excludes halogenated alkanes) is 6. The summed E-state index contributed by atoms with van der Waals surface area (Å²) in [6, 6.07) is 15.3. The van der Waals surface area contributed by atoms with Crippen molar-refractivity contribution in [3.8, 4) is 23.1 Å². The summed E-state index contributed by atoms with van der Waals surface area (Å²) < 4.78 is 6.13. The number of pyridine rings is 1. The second-order valence-corrected chi connectivity index (χ2v) is 10.3. The first kappa shape index (κ1) is 26.3. The maximum Gasteiger partial charge on any atom is 0.119 e. The number of benzene rings is 1. The van der Waals surface area contributed by atoms with Gasteiger partial charge in [0.2, 0.25) is 0 Å². The molecule has 0 aliphatic heterocycles. The number of aromatic nitrogens is 1. The van der Waals surface area contributed by atoms with Crippen molar-refractivity contribution in [2.75, 3.05) is 6.61 Å². The Kier molecular flexibility index (Phi) is 10.9. The van der Waals surface area contributed by atoms with Crippen LogP contribution in [0.5, 0.6) is 5.75 Å². The lowest BCUT2D eigenvalue weighted by Gasteiger charge is -2.35. The Morgan fingerprint density at radius 2 is 1.62 bits per heavy atom. The fourth-order valence-corrected chi connectivity index (χ4v) is 5.12. The Hall–Kier alpha value is -2.34. The molecule has 1 aliphatic rings. The highest BCUT2D eigenvalue weighted by Crippen LogP contribution is 2.42. The van der Waals surface area contributed by atoms with E-state index in [4.69, 9.17) is 4.74 Å². The van der Waals surface area contributed by atoms with Gasteiger partial charge in [-0.1, -0.05) is 64.9 Å². The van der Waals surface area contributed by atoms with Gasteiger partial charge in [-0.3, -0.25) is 4.98 Å². The van der Waals surface area contributed by atoms with Crippen molar-refractivity contribution in [1.29, 1.82) is 5.26 Å². The molecule has 34 heavy (non-hydrogen) atoms. The zero-order chi connectivity index (χ0) is 24.1. The molecular formula is C31H44N2O. The molecule has 0 spiro atoms. The Balaban J connectivity index is 1.40. The lowest BCUT2D eigenvalue weighted by Crippen LogP contribution is -2.28. The zero-order valence-corrected chi connectivity index (χ0v) is 21.5. The zero-order valence-electron chi connectivity index (χ0n) is 21.5. The van der Waals surface area contributed by atoms with Crippen LogP contribution < -0.4 is 4.74 Å². The second-order valence-electron chi connectivity index (χ2n) is 10.3. The minimum Gasteiger partial charge on any atom is -0.493 e. The molecule has 0 N–H and O–H groups in total. The van der Waals surface area contributed by atoms with E-state index in [0.29, 0.717) is 5.92 Å². The fraction of sp³-hybridized carbons (Fsp3) is 0.613. The SMILES string of the molecule is CCCCCCCCC1(C#N)CCC(COc2ccc(-c3ccc(CCCC)cn3)cc2)CC1. The number of nitriles is 1. The first-order chi connectivity index (χ1) is 16.7. The normalized spacial score (nSPS) is 20.1. The van der Waals surface area contributed by atoms with Gasteiger partial charge in [0, 0.05) is 11.8 Å². The second kappa shape index (κ2) is 14.1. The highest BCUT2D eigenvalue weighted by molar-refractivity contribution is 5.60. The summed E-state index contributed by atoms with van der Waals surface area (Å²) in [5.41, 5.74) is 3.37. The third kappa shape index (κ3) is 8.15. The van der Waals surface area contributed by atoms with Crippen LogP contribution in [-0.2, 0) is 6.42 Å². The lowest BCUT2D eigenvalue weighted by molar-refractivity contribution is 0.144. The smallest absolute Gasteiger partial charge is 0.119 e. The Morgan fingerprint density at radius 1 is 0.912 bits per heavy atom. The van der Waals surface area contributed by atoms with E-state index < -0.39 is 0 Å². The molecule has 1 fully saturated rings. The number of hydrogen-bond donors (Lipinski definition) is 0. The van der Waals surface area contributed by atoms with Crippen molar-refractivity contribution < 1.29 is 4.74 Å². The van der Waals surface area contributed by atoms with Crippen LogP contribution >= 0.6 is 0 Å². The molecule has 3 heteroatoms. The van der Waals surface area contributed by atoms with Crippen molar-refractivity contribution in [2.24, 2.45) is 11.3 Å². The van der Waals surface area contributed by atoms with E-state index >= 15 is 0 Å². The third-order valence-corrected chi connectivity index (χ3v) is 7.59. The summed E-state index contributed by atoms with van der Waals surface area (Å²) >= 11 is 0. The van der Waals surface area contributed by atoms with Crippen LogP contribution in [0.4, 0.5) is 0 Å². The number of rotatable bonds is 14. The van der Waals surface area contributed by atoms with Crippen LogP contribution in [-0.4, -0.2) is 11.6 Å². The average Bonchev–Trinajstić information content (AvgIpc) is 2.89. The van der Waals surface area contributed by atoms with E-state index in [0.717, 1.165) is 62.1 Å². The molecule has 0 amide bonds. The maximum atomic E-state index is 9.86. The molecule has 1 aliphatic carbocycles. The largest absolute Gasteiger partial charge is 0.493 e. The van der Waals surface area contributed by atoms with Gasteiger partial charge in [-0.05, 0) is 86.8 Å². The number of hydrogen-bond acceptors (Lipinski definition) is 3. The van der Waals surface area contributed by atoms with Gasteiger partial charge in [-0.25, -0.2) is 0 Å². The topological polar surface area (TPSA) is 45.9 Å². The number of aryl methyl sites for hydroxylation is 1. The molecule has 0 unspecified atom stereocenters. The van der Waals surface area contributed by atoms with Gasteiger partial charge in [0.15, 0.2) is 0 Å². The van der Waals surface area contributed by atoms with Crippen LogP contribution in [0.1, 0.15) is 103 Å². The minimum atomic E-state index is -0.0814. The van der Waals surface area contributed by atoms with E-state index in [1.165, 1.54) is 56.9 Å².